The van der Waals surface area contributed by atoms with Crippen molar-refractivity contribution in [1.29, 1.82) is 0 Å². The lowest BCUT2D eigenvalue weighted by Gasteiger charge is -2.37. The number of carbonyl (C=O) groups excluding carboxylic acids is 3. The van der Waals surface area contributed by atoms with Crippen LogP contribution in [0.2, 0.25) is 0 Å². The van der Waals surface area contributed by atoms with E-state index in [-0.39, 0.29) is 17.9 Å². The van der Waals surface area contributed by atoms with E-state index in [0.717, 1.165) is 44.4 Å². The molecule has 1 aliphatic heterocycles. The van der Waals surface area contributed by atoms with Crippen molar-refractivity contribution in [3.8, 4) is 0 Å². The quantitative estimate of drug-likeness (QED) is 0.302. The lowest BCUT2D eigenvalue weighted by atomic mass is 9.80. The van der Waals surface area contributed by atoms with Gasteiger partial charge in [0.25, 0.3) is 5.91 Å². The molecule has 5 heteroatoms. The summed E-state index contributed by atoms with van der Waals surface area (Å²) >= 11 is 0. The Labute approximate surface area is 201 Å². The topological polar surface area (TPSA) is 63.7 Å². The Morgan fingerprint density at radius 2 is 1.48 bits per heavy atom. The van der Waals surface area contributed by atoms with Gasteiger partial charge in [-0.1, -0.05) is 72.1 Å². The minimum atomic E-state index is -0.701. The van der Waals surface area contributed by atoms with Gasteiger partial charge in [0.1, 0.15) is 12.1 Å². The Kier molecular flexibility index (Phi) is 9.81. The largest absolute Gasteiger partial charge is 0.461 e. The van der Waals surface area contributed by atoms with Gasteiger partial charge in [0.05, 0.1) is 0 Å². The van der Waals surface area contributed by atoms with Crippen molar-refractivity contribution in [1.82, 2.24) is 4.90 Å². The third kappa shape index (κ3) is 7.05. The van der Waals surface area contributed by atoms with Gasteiger partial charge < -0.3 is 9.64 Å². The molecule has 5 nitrogen and oxygen atoms in total. The second-order valence-electron chi connectivity index (χ2n) is 11.5. The fourth-order valence-electron chi connectivity index (χ4n) is 6.00. The monoisotopic (exact) mass is 461 g/mol. The predicted molar refractivity (Wildman–Crippen MR) is 131 cm³/mol. The number of Topliss-reactive ketones (excluding diaryl/α,β-unsaturated/α-hetero) is 1. The van der Waals surface area contributed by atoms with Gasteiger partial charge in [-0.15, -0.1) is 0 Å². The number of nitrogens with zero attached hydrogens (tertiary/aromatic N) is 1. The van der Waals surface area contributed by atoms with Crippen LogP contribution in [0.1, 0.15) is 124 Å². The molecule has 0 bridgehead atoms. The molecule has 3 fully saturated rings. The van der Waals surface area contributed by atoms with Crippen molar-refractivity contribution < 1.29 is 19.1 Å². The van der Waals surface area contributed by atoms with Crippen LogP contribution in [0.4, 0.5) is 0 Å². The van der Waals surface area contributed by atoms with Crippen LogP contribution in [0.3, 0.4) is 0 Å². The van der Waals surface area contributed by atoms with Crippen LogP contribution in [0.5, 0.6) is 0 Å². The average Bonchev–Trinajstić information content (AvgIpc) is 2.86. The molecule has 0 aromatic heterocycles. The Balaban J connectivity index is 1.67. The summed E-state index contributed by atoms with van der Waals surface area (Å²) in [6.45, 7) is 6.03. The van der Waals surface area contributed by atoms with E-state index in [1.165, 1.54) is 56.3 Å². The lowest BCUT2D eigenvalue weighted by Crippen LogP contribution is -2.53. The number of hydrogen-bond donors (Lipinski definition) is 0. The van der Waals surface area contributed by atoms with Crippen LogP contribution >= 0.6 is 0 Å². The standard InChI is InChI=1S/C28H47NO4/c1-4-28(2,3)25(30)26(31)29-20-12-11-17-23(29)27(32)33-24(22-15-9-6-10-16-22)19-18-21-13-7-5-8-14-21/h21-24H,4-20H2,1-3H3/t23-,24?/m0/s1. The number of ketones is 1. The molecular weight excluding hydrogens is 414 g/mol. The van der Waals surface area contributed by atoms with Gasteiger partial charge in [-0.3, -0.25) is 9.59 Å². The number of carbonyl (C=O) groups is 3. The number of rotatable bonds is 9. The molecule has 0 aromatic rings. The third-order valence-corrected chi connectivity index (χ3v) is 8.76. The number of likely N-dealkylation sites (tertiary alicyclic amines) is 1. The van der Waals surface area contributed by atoms with Crippen molar-refractivity contribution >= 4 is 17.7 Å². The third-order valence-electron chi connectivity index (χ3n) is 8.76. The van der Waals surface area contributed by atoms with Crippen molar-refractivity contribution in [2.45, 2.75) is 136 Å². The van der Waals surface area contributed by atoms with Gasteiger partial charge in [-0.25, -0.2) is 4.79 Å². The van der Waals surface area contributed by atoms with Crippen LogP contribution in [0.15, 0.2) is 0 Å². The van der Waals surface area contributed by atoms with E-state index in [2.05, 4.69) is 0 Å². The molecule has 2 atom stereocenters. The first-order chi connectivity index (χ1) is 15.8. The van der Waals surface area contributed by atoms with Gasteiger partial charge in [-0.2, -0.15) is 0 Å². The van der Waals surface area contributed by atoms with Crippen molar-refractivity contribution in [3.63, 3.8) is 0 Å². The summed E-state index contributed by atoms with van der Waals surface area (Å²) in [5.41, 5.74) is -0.701. The summed E-state index contributed by atoms with van der Waals surface area (Å²) < 4.78 is 6.25. The maximum absolute atomic E-state index is 13.4. The summed E-state index contributed by atoms with van der Waals surface area (Å²) in [6.07, 6.45) is 17.6. The first-order valence-corrected chi connectivity index (χ1v) is 13.9. The molecule has 33 heavy (non-hydrogen) atoms. The van der Waals surface area contributed by atoms with E-state index < -0.39 is 17.4 Å². The molecule has 1 heterocycles. The minimum absolute atomic E-state index is 0.0404. The average molecular weight is 462 g/mol. The minimum Gasteiger partial charge on any atom is -0.461 e. The number of piperidine rings is 1. The highest BCUT2D eigenvalue weighted by molar-refractivity contribution is 6.38. The van der Waals surface area contributed by atoms with E-state index in [9.17, 15) is 14.4 Å². The molecule has 0 radical (unpaired) electrons. The van der Waals surface area contributed by atoms with E-state index in [1.807, 2.05) is 20.8 Å². The number of hydrogen-bond acceptors (Lipinski definition) is 4. The molecule has 188 valence electrons. The molecule has 0 spiro atoms. The van der Waals surface area contributed by atoms with Crippen molar-refractivity contribution in [2.24, 2.45) is 17.3 Å². The molecule has 3 rings (SSSR count). The predicted octanol–water partition coefficient (Wildman–Crippen LogP) is 6.23. The Bertz CT molecular complexity index is 661. The van der Waals surface area contributed by atoms with Crippen LogP contribution in [0, 0.1) is 17.3 Å². The summed E-state index contributed by atoms with van der Waals surface area (Å²) in [7, 11) is 0. The summed E-state index contributed by atoms with van der Waals surface area (Å²) in [5.74, 6) is 0.0556. The highest BCUT2D eigenvalue weighted by atomic mass is 16.5. The molecule has 1 unspecified atom stereocenters. The van der Waals surface area contributed by atoms with E-state index in [1.54, 1.807) is 0 Å². The van der Waals surface area contributed by atoms with Crippen LogP contribution in [-0.4, -0.2) is 41.3 Å². The molecule has 2 saturated carbocycles. The van der Waals surface area contributed by atoms with Crippen molar-refractivity contribution in [2.75, 3.05) is 6.54 Å². The van der Waals surface area contributed by atoms with Crippen LogP contribution in [-0.2, 0) is 19.1 Å². The smallest absolute Gasteiger partial charge is 0.329 e. The fraction of sp³-hybridized carbons (Fsp3) is 0.893. The Morgan fingerprint density at radius 1 is 0.879 bits per heavy atom. The number of amides is 1. The van der Waals surface area contributed by atoms with E-state index in [0.29, 0.717) is 25.3 Å². The lowest BCUT2D eigenvalue weighted by molar-refractivity contribution is -0.167. The molecule has 1 amide bonds. The zero-order valence-corrected chi connectivity index (χ0v) is 21.4. The van der Waals surface area contributed by atoms with Crippen molar-refractivity contribution in [3.05, 3.63) is 0 Å². The van der Waals surface area contributed by atoms with E-state index in [4.69, 9.17) is 4.74 Å². The zero-order chi connectivity index (χ0) is 23.8. The maximum Gasteiger partial charge on any atom is 0.329 e. The Morgan fingerprint density at radius 3 is 2.12 bits per heavy atom. The van der Waals surface area contributed by atoms with Crippen LogP contribution in [0.25, 0.3) is 0 Å². The SMILES string of the molecule is CCC(C)(C)C(=O)C(=O)N1CCCC[C@H]1C(=O)OC(CCC1CCCCC1)C1CCCCC1. The second-order valence-corrected chi connectivity index (χ2v) is 11.5. The summed E-state index contributed by atoms with van der Waals surface area (Å²) in [5, 5.41) is 0. The maximum atomic E-state index is 13.4. The van der Waals surface area contributed by atoms with Gasteiger partial charge >= 0.3 is 5.97 Å². The molecule has 0 aromatic carbocycles. The highest BCUT2D eigenvalue weighted by Crippen LogP contribution is 2.34. The molecule has 0 N–H and O–H groups in total. The summed E-state index contributed by atoms with van der Waals surface area (Å²) in [6, 6.07) is -0.608. The fourth-order valence-corrected chi connectivity index (χ4v) is 6.00. The van der Waals surface area contributed by atoms with Gasteiger partial charge in [0.15, 0.2) is 0 Å². The normalized spacial score (nSPS) is 24.3. The molecule has 2 aliphatic carbocycles. The number of esters is 1. The van der Waals surface area contributed by atoms with Crippen LogP contribution < -0.4 is 0 Å². The Hall–Kier alpha value is -1.39. The van der Waals surface area contributed by atoms with Gasteiger partial charge in [0.2, 0.25) is 5.78 Å². The van der Waals surface area contributed by atoms with Gasteiger partial charge in [-0.05, 0) is 63.2 Å². The van der Waals surface area contributed by atoms with Gasteiger partial charge in [0, 0.05) is 12.0 Å². The second kappa shape index (κ2) is 12.4. The first-order valence-electron chi connectivity index (χ1n) is 13.9. The first kappa shape index (κ1) is 26.2. The highest BCUT2D eigenvalue weighted by Gasteiger charge is 2.41. The molecule has 3 aliphatic rings. The summed E-state index contributed by atoms with van der Waals surface area (Å²) in [4.78, 5) is 40.9. The van der Waals surface area contributed by atoms with E-state index >= 15 is 0 Å². The molecule has 1 saturated heterocycles. The molecular formula is C28H47NO4. The number of ether oxygens (including phenoxy) is 1. The zero-order valence-electron chi connectivity index (χ0n) is 21.4.